The Balaban J connectivity index is 1.68. The molecule has 1 fully saturated rings. The van der Waals surface area contributed by atoms with Crippen LogP contribution in [0.25, 0.3) is 0 Å². The van der Waals surface area contributed by atoms with Crippen molar-refractivity contribution in [2.75, 3.05) is 12.0 Å². The summed E-state index contributed by atoms with van der Waals surface area (Å²) < 4.78 is 12.0. The molecule has 0 spiro atoms. The van der Waals surface area contributed by atoms with Gasteiger partial charge in [0.05, 0.1) is 24.0 Å². The molecule has 0 aromatic heterocycles. The molecule has 3 aliphatic rings. The summed E-state index contributed by atoms with van der Waals surface area (Å²) in [7, 11) is 1.67. The summed E-state index contributed by atoms with van der Waals surface area (Å²) in [5, 5.41) is 2.75. The van der Waals surface area contributed by atoms with Gasteiger partial charge in [-0.2, -0.15) is 0 Å². The SMILES string of the molecule is COc1cc2c(c3c1OC(C)(C)C3)C(c1cccc(N3C(=O)NC(C)(C)C3=O)c1)=NC(C)(C)C2. The van der Waals surface area contributed by atoms with Crippen LogP contribution in [0.1, 0.15) is 63.8 Å². The number of carbonyl (C=O) groups excluding carboxylic acids is 2. The van der Waals surface area contributed by atoms with Crippen molar-refractivity contribution in [3.63, 3.8) is 0 Å². The zero-order valence-corrected chi connectivity index (χ0v) is 20.8. The number of fused-ring (bicyclic) bond motifs is 3. The maximum absolute atomic E-state index is 12.9. The normalized spacial score (nSPS) is 21.4. The van der Waals surface area contributed by atoms with Gasteiger partial charge in [0.15, 0.2) is 11.5 Å². The van der Waals surface area contributed by atoms with Crippen molar-refractivity contribution in [2.45, 2.75) is 71.1 Å². The van der Waals surface area contributed by atoms with Crippen molar-refractivity contribution in [1.82, 2.24) is 5.32 Å². The summed E-state index contributed by atoms with van der Waals surface area (Å²) >= 11 is 0. The molecule has 34 heavy (non-hydrogen) atoms. The number of amides is 3. The molecule has 0 aliphatic carbocycles. The van der Waals surface area contributed by atoms with Crippen LogP contribution in [-0.4, -0.2) is 41.4 Å². The lowest BCUT2D eigenvalue weighted by Crippen LogP contribution is -2.40. The molecule has 7 nitrogen and oxygen atoms in total. The fraction of sp³-hybridized carbons (Fsp3) is 0.444. The van der Waals surface area contributed by atoms with Crippen LogP contribution in [-0.2, 0) is 17.6 Å². The number of imide groups is 1. The quantitative estimate of drug-likeness (QED) is 0.687. The Morgan fingerprint density at radius 3 is 2.44 bits per heavy atom. The minimum atomic E-state index is -0.940. The van der Waals surface area contributed by atoms with E-state index < -0.39 is 11.6 Å². The zero-order chi connectivity index (χ0) is 24.6. The molecule has 0 radical (unpaired) electrons. The summed E-state index contributed by atoms with van der Waals surface area (Å²) in [5.74, 6) is 1.24. The highest BCUT2D eigenvalue weighted by molar-refractivity contribution is 6.24. The Morgan fingerprint density at radius 1 is 1.06 bits per heavy atom. The maximum Gasteiger partial charge on any atom is 0.329 e. The number of methoxy groups -OCH3 is 1. The molecule has 2 aromatic carbocycles. The molecule has 1 saturated heterocycles. The topological polar surface area (TPSA) is 80.2 Å². The number of urea groups is 1. The molecule has 3 amide bonds. The highest BCUT2D eigenvalue weighted by atomic mass is 16.5. The van der Waals surface area contributed by atoms with Crippen molar-refractivity contribution < 1.29 is 19.1 Å². The largest absolute Gasteiger partial charge is 0.493 e. The Labute approximate surface area is 200 Å². The minimum absolute atomic E-state index is 0.276. The van der Waals surface area contributed by atoms with Gasteiger partial charge >= 0.3 is 6.03 Å². The van der Waals surface area contributed by atoms with Crippen molar-refractivity contribution in [3.05, 3.63) is 52.6 Å². The zero-order valence-electron chi connectivity index (χ0n) is 20.8. The smallest absolute Gasteiger partial charge is 0.329 e. The van der Waals surface area contributed by atoms with E-state index in [1.54, 1.807) is 27.0 Å². The molecule has 0 bridgehead atoms. The Morgan fingerprint density at radius 2 is 1.79 bits per heavy atom. The first-order chi connectivity index (χ1) is 15.8. The number of benzene rings is 2. The molecule has 0 unspecified atom stereocenters. The molecule has 7 heteroatoms. The van der Waals surface area contributed by atoms with Gasteiger partial charge in [0, 0.05) is 23.1 Å². The Kier molecular flexibility index (Phi) is 4.67. The first-order valence-corrected chi connectivity index (χ1v) is 11.6. The monoisotopic (exact) mass is 461 g/mol. The van der Waals surface area contributed by atoms with Crippen LogP contribution < -0.4 is 19.7 Å². The van der Waals surface area contributed by atoms with E-state index in [1.165, 1.54) is 4.90 Å². The standard InChI is InChI=1S/C27H31N3O4/c1-25(2)13-16-12-19(33-7)22-18(14-26(3,4)34-22)20(16)21(28-25)15-9-8-10-17(11-15)30-23(31)27(5,6)29-24(30)32/h8-12H,13-14H2,1-7H3,(H,29,32). The minimum Gasteiger partial charge on any atom is -0.493 e. The number of hydrogen-bond acceptors (Lipinski definition) is 5. The van der Waals surface area contributed by atoms with Gasteiger partial charge in [-0.15, -0.1) is 0 Å². The highest BCUT2D eigenvalue weighted by Crippen LogP contribution is 2.48. The van der Waals surface area contributed by atoms with E-state index >= 15 is 0 Å². The van der Waals surface area contributed by atoms with Crippen molar-refractivity contribution in [1.29, 1.82) is 0 Å². The summed E-state index contributed by atoms with van der Waals surface area (Å²) in [5.41, 5.74) is 3.93. The lowest BCUT2D eigenvalue weighted by molar-refractivity contribution is -0.121. The molecule has 0 saturated carbocycles. The van der Waals surface area contributed by atoms with Gasteiger partial charge in [-0.3, -0.25) is 9.79 Å². The third-order valence-corrected chi connectivity index (χ3v) is 6.64. The van der Waals surface area contributed by atoms with Crippen LogP contribution in [0.3, 0.4) is 0 Å². The first kappa shape index (κ1) is 22.4. The number of nitrogens with one attached hydrogen (secondary N) is 1. The Hall–Kier alpha value is -3.35. The number of rotatable bonds is 3. The van der Waals surface area contributed by atoms with Gasteiger partial charge in [-0.25, -0.2) is 9.69 Å². The lowest BCUT2D eigenvalue weighted by Gasteiger charge is -2.31. The molecular weight excluding hydrogens is 430 g/mol. The van der Waals surface area contributed by atoms with E-state index in [1.807, 2.05) is 18.2 Å². The first-order valence-electron chi connectivity index (χ1n) is 11.6. The average Bonchev–Trinajstić information content (AvgIpc) is 3.16. The number of aliphatic imine (C=N–C) groups is 1. The van der Waals surface area contributed by atoms with Gasteiger partial charge in [0.1, 0.15) is 11.1 Å². The molecular formula is C27H31N3O4. The highest BCUT2D eigenvalue weighted by Gasteiger charge is 2.45. The molecule has 2 aromatic rings. The summed E-state index contributed by atoms with van der Waals surface area (Å²) in [6, 6.07) is 9.15. The van der Waals surface area contributed by atoms with Crippen LogP contribution in [0.2, 0.25) is 0 Å². The van der Waals surface area contributed by atoms with Gasteiger partial charge in [0.25, 0.3) is 5.91 Å². The second-order valence-corrected chi connectivity index (χ2v) is 11.2. The van der Waals surface area contributed by atoms with Gasteiger partial charge in [0.2, 0.25) is 0 Å². The van der Waals surface area contributed by atoms with Crippen LogP contribution in [0.15, 0.2) is 35.3 Å². The number of nitrogens with zero attached hydrogens (tertiary/aromatic N) is 2. The third kappa shape index (κ3) is 3.45. The van der Waals surface area contributed by atoms with Crippen molar-refractivity contribution >= 4 is 23.3 Å². The predicted octanol–water partition coefficient (Wildman–Crippen LogP) is 4.42. The summed E-state index contributed by atoms with van der Waals surface area (Å²) in [6.45, 7) is 11.8. The number of hydrogen-bond donors (Lipinski definition) is 1. The van der Waals surface area contributed by atoms with Crippen LogP contribution in [0, 0.1) is 0 Å². The van der Waals surface area contributed by atoms with Crippen LogP contribution >= 0.6 is 0 Å². The Bertz CT molecular complexity index is 1270. The van der Waals surface area contributed by atoms with Gasteiger partial charge in [-0.1, -0.05) is 12.1 Å². The second kappa shape index (κ2) is 7.08. The van der Waals surface area contributed by atoms with E-state index in [2.05, 4.69) is 39.1 Å². The summed E-state index contributed by atoms with van der Waals surface area (Å²) in [4.78, 5) is 31.9. The van der Waals surface area contributed by atoms with E-state index in [9.17, 15) is 9.59 Å². The number of carbonyl (C=O) groups is 2. The predicted molar refractivity (Wildman–Crippen MR) is 131 cm³/mol. The van der Waals surface area contributed by atoms with E-state index in [0.717, 1.165) is 52.3 Å². The maximum atomic E-state index is 12.9. The second-order valence-electron chi connectivity index (χ2n) is 11.2. The molecule has 3 aliphatic heterocycles. The molecule has 3 heterocycles. The number of anilines is 1. The fourth-order valence-electron chi connectivity index (χ4n) is 5.21. The molecule has 1 N–H and O–H groups in total. The van der Waals surface area contributed by atoms with E-state index in [4.69, 9.17) is 14.5 Å². The number of ether oxygens (including phenoxy) is 2. The summed E-state index contributed by atoms with van der Waals surface area (Å²) in [6.07, 6.45) is 1.51. The van der Waals surface area contributed by atoms with Gasteiger partial charge in [-0.05, 0) is 71.7 Å². The molecule has 178 valence electrons. The van der Waals surface area contributed by atoms with Crippen molar-refractivity contribution in [2.24, 2.45) is 4.99 Å². The van der Waals surface area contributed by atoms with Crippen molar-refractivity contribution in [3.8, 4) is 11.5 Å². The fourth-order valence-corrected chi connectivity index (χ4v) is 5.21. The van der Waals surface area contributed by atoms with E-state index in [-0.39, 0.29) is 17.0 Å². The van der Waals surface area contributed by atoms with Crippen LogP contribution in [0.5, 0.6) is 11.5 Å². The van der Waals surface area contributed by atoms with Gasteiger partial charge < -0.3 is 14.8 Å². The molecule has 0 atom stereocenters. The van der Waals surface area contributed by atoms with E-state index in [0.29, 0.717) is 5.69 Å². The van der Waals surface area contributed by atoms with Crippen LogP contribution in [0.4, 0.5) is 10.5 Å². The third-order valence-electron chi connectivity index (χ3n) is 6.64. The lowest BCUT2D eigenvalue weighted by atomic mass is 9.81. The molecule has 5 rings (SSSR count). The average molecular weight is 462 g/mol.